The van der Waals surface area contributed by atoms with E-state index in [1.54, 1.807) is 0 Å². The Hall–Kier alpha value is -1.39. The Bertz CT molecular complexity index is 443. The Morgan fingerprint density at radius 2 is 2.05 bits per heavy atom. The molecular formula is C15H23N3O. The molecule has 1 aromatic carbocycles. The van der Waals surface area contributed by atoms with E-state index in [0.29, 0.717) is 19.1 Å². The van der Waals surface area contributed by atoms with Gasteiger partial charge in [0, 0.05) is 31.4 Å². The molecule has 0 bridgehead atoms. The van der Waals surface area contributed by atoms with E-state index in [1.807, 2.05) is 50.1 Å². The highest BCUT2D eigenvalue weighted by Gasteiger charge is 2.25. The van der Waals surface area contributed by atoms with Crippen LogP contribution in [0.3, 0.4) is 0 Å². The van der Waals surface area contributed by atoms with Gasteiger partial charge in [-0.05, 0) is 32.5 Å². The number of anilines is 1. The molecule has 1 heterocycles. The molecule has 0 aliphatic carbocycles. The topological polar surface area (TPSA) is 35.6 Å². The summed E-state index contributed by atoms with van der Waals surface area (Å²) in [4.78, 5) is 16.5. The number of carbonyl (C=O) groups is 1. The molecule has 0 saturated carbocycles. The number of rotatable bonds is 5. The number of aryl methyl sites for hydroxylation is 1. The average Bonchev–Trinajstić information content (AvgIpc) is 2.30. The van der Waals surface area contributed by atoms with Gasteiger partial charge < -0.3 is 10.2 Å². The summed E-state index contributed by atoms with van der Waals surface area (Å²) < 4.78 is 0. The molecule has 104 valence electrons. The zero-order valence-electron chi connectivity index (χ0n) is 12.0. The summed E-state index contributed by atoms with van der Waals surface area (Å²) in [5.41, 5.74) is 2.17. The fraction of sp³-hybridized carbons (Fsp3) is 0.533. The highest BCUT2D eigenvalue weighted by atomic mass is 16.2. The molecule has 1 fully saturated rings. The van der Waals surface area contributed by atoms with E-state index in [4.69, 9.17) is 0 Å². The summed E-state index contributed by atoms with van der Waals surface area (Å²) in [6, 6.07) is 8.55. The van der Waals surface area contributed by atoms with Crippen LogP contribution in [0.15, 0.2) is 24.3 Å². The van der Waals surface area contributed by atoms with Crippen LogP contribution in [-0.2, 0) is 4.79 Å². The van der Waals surface area contributed by atoms with Gasteiger partial charge in [-0.1, -0.05) is 18.2 Å². The number of hydrogen-bond acceptors (Lipinski definition) is 3. The molecule has 1 saturated heterocycles. The molecule has 2 rings (SSSR count). The SMILES string of the molecule is CCN(C(=O)CN(C)C1CNC1)c1ccccc1C. The Morgan fingerprint density at radius 1 is 1.37 bits per heavy atom. The Morgan fingerprint density at radius 3 is 2.58 bits per heavy atom. The minimum absolute atomic E-state index is 0.172. The van der Waals surface area contributed by atoms with Crippen LogP contribution in [0.2, 0.25) is 0 Å². The number of nitrogens with one attached hydrogen (secondary N) is 1. The molecule has 0 unspecified atom stereocenters. The molecule has 19 heavy (non-hydrogen) atoms. The highest BCUT2D eigenvalue weighted by molar-refractivity contribution is 5.95. The van der Waals surface area contributed by atoms with E-state index in [9.17, 15) is 4.79 Å². The van der Waals surface area contributed by atoms with Gasteiger partial charge in [0.25, 0.3) is 0 Å². The Kier molecular flexibility index (Phi) is 4.56. The maximum absolute atomic E-state index is 12.4. The van der Waals surface area contributed by atoms with Gasteiger partial charge in [0.2, 0.25) is 5.91 Å². The fourth-order valence-corrected chi connectivity index (χ4v) is 2.36. The van der Waals surface area contributed by atoms with E-state index in [2.05, 4.69) is 10.2 Å². The smallest absolute Gasteiger partial charge is 0.241 e. The van der Waals surface area contributed by atoms with Crippen molar-refractivity contribution in [2.75, 3.05) is 38.1 Å². The average molecular weight is 261 g/mol. The van der Waals surface area contributed by atoms with E-state index in [1.165, 1.54) is 0 Å². The van der Waals surface area contributed by atoms with Gasteiger partial charge in [-0.25, -0.2) is 0 Å². The van der Waals surface area contributed by atoms with Crippen molar-refractivity contribution in [1.29, 1.82) is 0 Å². The number of para-hydroxylation sites is 1. The first kappa shape index (κ1) is 14.0. The second kappa shape index (κ2) is 6.17. The number of amides is 1. The molecule has 1 N–H and O–H groups in total. The van der Waals surface area contributed by atoms with Gasteiger partial charge in [0.1, 0.15) is 0 Å². The summed E-state index contributed by atoms with van der Waals surface area (Å²) in [7, 11) is 2.02. The van der Waals surface area contributed by atoms with Crippen LogP contribution in [0, 0.1) is 6.92 Å². The molecule has 0 atom stereocenters. The minimum atomic E-state index is 0.172. The summed E-state index contributed by atoms with van der Waals surface area (Å²) in [5.74, 6) is 0.172. The standard InChI is InChI=1S/C15H23N3O/c1-4-18(14-8-6-5-7-12(14)2)15(19)11-17(3)13-9-16-10-13/h5-8,13,16H,4,9-11H2,1-3H3. The lowest BCUT2D eigenvalue weighted by Crippen LogP contribution is -2.57. The maximum atomic E-state index is 12.4. The van der Waals surface area contributed by atoms with Gasteiger partial charge in [-0.2, -0.15) is 0 Å². The van der Waals surface area contributed by atoms with Crippen LogP contribution in [-0.4, -0.2) is 50.1 Å². The lowest BCUT2D eigenvalue weighted by atomic mass is 10.1. The molecule has 0 radical (unpaired) electrons. The van der Waals surface area contributed by atoms with E-state index < -0.39 is 0 Å². The molecule has 1 aromatic rings. The van der Waals surface area contributed by atoms with Gasteiger partial charge in [0.05, 0.1) is 6.54 Å². The molecular weight excluding hydrogens is 238 g/mol. The number of carbonyl (C=O) groups excluding carboxylic acids is 1. The molecule has 0 spiro atoms. The summed E-state index contributed by atoms with van der Waals surface area (Å²) in [6.45, 7) is 7.23. The van der Waals surface area contributed by atoms with Crippen molar-refractivity contribution < 1.29 is 4.79 Å². The number of nitrogens with zero attached hydrogens (tertiary/aromatic N) is 2. The van der Waals surface area contributed by atoms with Gasteiger partial charge in [0.15, 0.2) is 0 Å². The van der Waals surface area contributed by atoms with Crippen molar-refractivity contribution >= 4 is 11.6 Å². The minimum Gasteiger partial charge on any atom is -0.314 e. The summed E-state index contributed by atoms with van der Waals surface area (Å²) >= 11 is 0. The monoisotopic (exact) mass is 261 g/mol. The first-order valence-corrected chi connectivity index (χ1v) is 6.90. The lowest BCUT2D eigenvalue weighted by molar-refractivity contribution is -0.120. The third-order valence-electron chi connectivity index (χ3n) is 3.79. The largest absolute Gasteiger partial charge is 0.314 e. The summed E-state index contributed by atoms with van der Waals surface area (Å²) in [6.07, 6.45) is 0. The second-order valence-corrected chi connectivity index (χ2v) is 5.15. The van der Waals surface area contributed by atoms with Crippen molar-refractivity contribution in [1.82, 2.24) is 10.2 Å². The van der Waals surface area contributed by atoms with Crippen molar-refractivity contribution in [3.8, 4) is 0 Å². The lowest BCUT2D eigenvalue weighted by Gasteiger charge is -2.36. The van der Waals surface area contributed by atoms with Crippen LogP contribution < -0.4 is 10.2 Å². The number of hydrogen-bond donors (Lipinski definition) is 1. The number of benzene rings is 1. The molecule has 0 aromatic heterocycles. The van der Waals surface area contributed by atoms with Crippen LogP contribution in [0.4, 0.5) is 5.69 Å². The molecule has 1 aliphatic rings. The Balaban J connectivity index is 2.04. The van der Waals surface area contributed by atoms with Crippen molar-refractivity contribution in [2.24, 2.45) is 0 Å². The summed E-state index contributed by atoms with van der Waals surface area (Å²) in [5, 5.41) is 3.23. The zero-order valence-corrected chi connectivity index (χ0v) is 12.0. The highest BCUT2D eigenvalue weighted by Crippen LogP contribution is 2.19. The van der Waals surface area contributed by atoms with Gasteiger partial charge in [-0.3, -0.25) is 9.69 Å². The van der Waals surface area contributed by atoms with Crippen molar-refractivity contribution in [3.05, 3.63) is 29.8 Å². The predicted molar refractivity (Wildman–Crippen MR) is 78.5 cm³/mol. The number of likely N-dealkylation sites (N-methyl/N-ethyl adjacent to an activating group) is 2. The van der Waals surface area contributed by atoms with Crippen LogP contribution in [0.1, 0.15) is 12.5 Å². The second-order valence-electron chi connectivity index (χ2n) is 5.15. The third-order valence-corrected chi connectivity index (χ3v) is 3.79. The molecule has 1 amide bonds. The molecule has 4 nitrogen and oxygen atoms in total. The van der Waals surface area contributed by atoms with E-state index in [0.717, 1.165) is 24.3 Å². The third kappa shape index (κ3) is 3.14. The van der Waals surface area contributed by atoms with E-state index >= 15 is 0 Å². The van der Waals surface area contributed by atoms with Crippen LogP contribution in [0.5, 0.6) is 0 Å². The van der Waals surface area contributed by atoms with Crippen LogP contribution in [0.25, 0.3) is 0 Å². The Labute approximate surface area is 115 Å². The van der Waals surface area contributed by atoms with Crippen molar-refractivity contribution in [2.45, 2.75) is 19.9 Å². The molecule has 1 aliphatic heterocycles. The van der Waals surface area contributed by atoms with Crippen LogP contribution >= 0.6 is 0 Å². The normalized spacial score (nSPS) is 15.4. The van der Waals surface area contributed by atoms with Gasteiger partial charge >= 0.3 is 0 Å². The molecule has 4 heteroatoms. The fourth-order valence-electron chi connectivity index (χ4n) is 2.36. The first-order chi connectivity index (χ1) is 9.13. The first-order valence-electron chi connectivity index (χ1n) is 6.90. The predicted octanol–water partition coefficient (Wildman–Crippen LogP) is 1.25. The zero-order chi connectivity index (χ0) is 13.8. The van der Waals surface area contributed by atoms with Gasteiger partial charge in [-0.15, -0.1) is 0 Å². The van der Waals surface area contributed by atoms with Crippen molar-refractivity contribution in [3.63, 3.8) is 0 Å². The van der Waals surface area contributed by atoms with E-state index in [-0.39, 0.29) is 5.91 Å². The maximum Gasteiger partial charge on any atom is 0.241 e. The quantitative estimate of drug-likeness (QED) is 0.866.